The lowest BCUT2D eigenvalue weighted by Gasteiger charge is -2.08. The van der Waals surface area contributed by atoms with Gasteiger partial charge >= 0.3 is 0 Å². The van der Waals surface area contributed by atoms with Gasteiger partial charge in [0.2, 0.25) is 0 Å². The number of rotatable bonds is 3. The molecule has 0 aliphatic carbocycles. The normalized spacial score (nSPS) is 11.3. The van der Waals surface area contributed by atoms with Crippen molar-refractivity contribution in [2.75, 3.05) is 4.72 Å². The van der Waals surface area contributed by atoms with E-state index in [1.807, 2.05) is 0 Å². The summed E-state index contributed by atoms with van der Waals surface area (Å²) in [7, 11) is -4.03. The summed E-state index contributed by atoms with van der Waals surface area (Å²) in [6.07, 6.45) is 1.34. The van der Waals surface area contributed by atoms with Crippen LogP contribution < -0.4 is 4.72 Å². The van der Waals surface area contributed by atoms with Gasteiger partial charge in [-0.1, -0.05) is 23.2 Å². The quantitative estimate of drug-likeness (QED) is 0.943. The fourth-order valence-corrected chi connectivity index (χ4v) is 3.01. The first-order chi connectivity index (χ1) is 8.88. The number of anilines is 1. The fourth-order valence-electron chi connectivity index (χ4n) is 1.34. The van der Waals surface area contributed by atoms with Crippen LogP contribution in [-0.4, -0.2) is 13.4 Å². The molecule has 8 heteroatoms. The fraction of sp³-hybridized carbons (Fsp3) is 0. The predicted molar refractivity (Wildman–Crippen MR) is 71.5 cm³/mol. The van der Waals surface area contributed by atoms with Crippen molar-refractivity contribution in [1.29, 1.82) is 0 Å². The van der Waals surface area contributed by atoms with Gasteiger partial charge in [-0.2, -0.15) is 0 Å². The largest absolute Gasteiger partial charge is 0.264 e. The van der Waals surface area contributed by atoms with Crippen LogP contribution in [0.4, 0.5) is 10.2 Å². The molecule has 0 saturated heterocycles. The predicted octanol–water partition coefficient (Wildman–Crippen LogP) is 3.33. The van der Waals surface area contributed by atoms with E-state index in [-0.39, 0.29) is 15.7 Å². The maximum Gasteiger partial charge on any atom is 0.264 e. The highest BCUT2D eigenvalue weighted by Crippen LogP contribution is 2.24. The van der Waals surface area contributed by atoms with Crippen LogP contribution in [0.1, 0.15) is 0 Å². The maximum absolute atomic E-state index is 13.1. The van der Waals surface area contributed by atoms with Crippen LogP contribution >= 0.6 is 23.2 Å². The highest BCUT2D eigenvalue weighted by atomic mass is 35.5. The molecule has 4 nitrogen and oxygen atoms in total. The van der Waals surface area contributed by atoms with Gasteiger partial charge in [-0.3, -0.25) is 4.72 Å². The van der Waals surface area contributed by atoms with Gasteiger partial charge in [-0.25, -0.2) is 17.8 Å². The molecule has 0 unspecified atom stereocenters. The van der Waals surface area contributed by atoms with Crippen molar-refractivity contribution in [3.05, 3.63) is 52.4 Å². The third kappa shape index (κ3) is 3.34. The molecule has 0 spiro atoms. The molecule has 0 saturated carbocycles. The average molecular weight is 321 g/mol. The molecule has 2 rings (SSSR count). The molecule has 1 N–H and O–H groups in total. The zero-order chi connectivity index (χ0) is 14.0. The minimum Gasteiger partial charge on any atom is -0.263 e. The Kier molecular flexibility index (Phi) is 3.93. The highest BCUT2D eigenvalue weighted by Gasteiger charge is 2.19. The van der Waals surface area contributed by atoms with Crippen LogP contribution in [0, 0.1) is 5.82 Å². The van der Waals surface area contributed by atoms with Crippen LogP contribution in [0.15, 0.2) is 41.4 Å². The summed E-state index contributed by atoms with van der Waals surface area (Å²) in [5, 5.41) is 0.231. The summed E-state index contributed by atoms with van der Waals surface area (Å²) < 4.78 is 39.3. The summed E-state index contributed by atoms with van der Waals surface area (Å²) in [5.74, 6) is -0.684. The minimum atomic E-state index is -4.03. The number of halogens is 3. The summed E-state index contributed by atoms with van der Waals surface area (Å²) >= 11 is 11.5. The second-order valence-electron chi connectivity index (χ2n) is 3.54. The maximum atomic E-state index is 13.1. The van der Waals surface area contributed by atoms with Gasteiger partial charge in [0.1, 0.15) is 16.5 Å². The third-order valence-corrected chi connectivity index (χ3v) is 4.22. The number of hydrogen-bond acceptors (Lipinski definition) is 3. The SMILES string of the molecule is O=S(=O)(Nc1cc(Cl)ccn1)c1cc(F)ccc1Cl. The van der Waals surface area contributed by atoms with Gasteiger partial charge in [0.25, 0.3) is 10.0 Å². The van der Waals surface area contributed by atoms with Crippen molar-refractivity contribution in [1.82, 2.24) is 4.98 Å². The molecular weight excluding hydrogens is 314 g/mol. The highest BCUT2D eigenvalue weighted by molar-refractivity contribution is 7.92. The first kappa shape index (κ1) is 14.0. The van der Waals surface area contributed by atoms with Gasteiger partial charge in [-0.05, 0) is 24.3 Å². The molecule has 0 aliphatic rings. The van der Waals surface area contributed by atoms with Crippen LogP contribution in [0.2, 0.25) is 10.0 Å². The molecule has 2 aromatic rings. The number of benzene rings is 1. The van der Waals surface area contributed by atoms with E-state index in [2.05, 4.69) is 9.71 Å². The lowest BCUT2D eigenvalue weighted by Crippen LogP contribution is -2.14. The van der Waals surface area contributed by atoms with Crippen LogP contribution in [0.3, 0.4) is 0 Å². The molecule has 0 amide bonds. The van der Waals surface area contributed by atoms with E-state index in [9.17, 15) is 12.8 Å². The Morgan fingerprint density at radius 3 is 2.58 bits per heavy atom. The zero-order valence-electron chi connectivity index (χ0n) is 9.27. The smallest absolute Gasteiger partial charge is 0.263 e. The van der Waals surface area contributed by atoms with E-state index in [1.54, 1.807) is 0 Å². The van der Waals surface area contributed by atoms with Crippen LogP contribution in [0.5, 0.6) is 0 Å². The second kappa shape index (κ2) is 5.32. The number of aromatic nitrogens is 1. The van der Waals surface area contributed by atoms with Crippen molar-refractivity contribution in [2.24, 2.45) is 0 Å². The van der Waals surface area contributed by atoms with Gasteiger partial charge in [0.05, 0.1) is 5.02 Å². The molecule has 100 valence electrons. The molecule has 19 heavy (non-hydrogen) atoms. The van der Waals surface area contributed by atoms with Crippen molar-refractivity contribution in [2.45, 2.75) is 4.90 Å². The van der Waals surface area contributed by atoms with E-state index < -0.39 is 15.8 Å². The number of hydrogen-bond donors (Lipinski definition) is 1. The van der Waals surface area contributed by atoms with Crippen LogP contribution in [0.25, 0.3) is 0 Å². The third-order valence-electron chi connectivity index (χ3n) is 2.14. The van der Waals surface area contributed by atoms with Gasteiger partial charge in [0.15, 0.2) is 0 Å². The molecule has 0 fully saturated rings. The molecule has 0 aliphatic heterocycles. The summed E-state index contributed by atoms with van der Waals surface area (Å²) in [5.41, 5.74) is 0. The van der Waals surface area contributed by atoms with Crippen LogP contribution in [-0.2, 0) is 10.0 Å². The van der Waals surface area contributed by atoms with E-state index in [0.717, 1.165) is 18.2 Å². The molecule has 1 heterocycles. The number of pyridine rings is 1. The first-order valence-electron chi connectivity index (χ1n) is 4.98. The molecule has 1 aromatic heterocycles. The Hall–Kier alpha value is -1.37. The number of nitrogens with zero attached hydrogens (tertiary/aromatic N) is 1. The summed E-state index contributed by atoms with van der Waals surface area (Å²) in [6.45, 7) is 0. The second-order valence-corrected chi connectivity index (χ2v) is 6.03. The summed E-state index contributed by atoms with van der Waals surface area (Å²) in [6, 6.07) is 5.88. The van der Waals surface area contributed by atoms with E-state index in [4.69, 9.17) is 23.2 Å². The van der Waals surface area contributed by atoms with Gasteiger partial charge in [0, 0.05) is 17.3 Å². The molecule has 0 atom stereocenters. The monoisotopic (exact) mass is 320 g/mol. The number of nitrogens with one attached hydrogen (secondary N) is 1. The van der Waals surface area contributed by atoms with Crippen molar-refractivity contribution in [3.8, 4) is 0 Å². The minimum absolute atomic E-state index is 0.0211. The number of sulfonamides is 1. The lowest BCUT2D eigenvalue weighted by atomic mass is 10.3. The molecule has 0 radical (unpaired) electrons. The van der Waals surface area contributed by atoms with Crippen molar-refractivity contribution >= 4 is 39.0 Å². The molecular formula is C11H7Cl2FN2O2S. The Balaban J connectivity index is 2.40. The van der Waals surface area contributed by atoms with E-state index in [0.29, 0.717) is 5.02 Å². The Bertz CT molecular complexity index is 722. The van der Waals surface area contributed by atoms with Gasteiger partial charge in [-0.15, -0.1) is 0 Å². The van der Waals surface area contributed by atoms with E-state index in [1.165, 1.54) is 18.3 Å². The standard InChI is InChI=1S/C11H7Cl2FN2O2S/c12-7-3-4-15-11(5-7)16-19(17,18)10-6-8(14)1-2-9(10)13/h1-6H,(H,15,16). The van der Waals surface area contributed by atoms with E-state index >= 15 is 0 Å². The molecule has 1 aromatic carbocycles. The lowest BCUT2D eigenvalue weighted by molar-refractivity contribution is 0.595. The topological polar surface area (TPSA) is 59.1 Å². The average Bonchev–Trinajstić information content (AvgIpc) is 2.31. The first-order valence-corrected chi connectivity index (χ1v) is 7.22. The Labute approximate surface area is 119 Å². The van der Waals surface area contributed by atoms with Crippen molar-refractivity contribution < 1.29 is 12.8 Å². The Morgan fingerprint density at radius 1 is 1.16 bits per heavy atom. The zero-order valence-corrected chi connectivity index (χ0v) is 11.6. The van der Waals surface area contributed by atoms with Gasteiger partial charge < -0.3 is 0 Å². The van der Waals surface area contributed by atoms with Crippen molar-refractivity contribution in [3.63, 3.8) is 0 Å². The Morgan fingerprint density at radius 2 is 1.89 bits per heavy atom. The molecule has 0 bridgehead atoms. The summed E-state index contributed by atoms with van der Waals surface area (Å²) in [4.78, 5) is 3.43.